The predicted molar refractivity (Wildman–Crippen MR) is 41.4 cm³/mol. The molecule has 0 aliphatic carbocycles. The van der Waals surface area contributed by atoms with Crippen LogP contribution in [-0.4, -0.2) is 36.5 Å². The molecule has 12 heavy (non-hydrogen) atoms. The molecule has 1 aromatic rings. The number of imidazole rings is 1. The minimum atomic E-state index is -2.69. The molecule has 0 radical (unpaired) electrons. The van der Waals surface area contributed by atoms with Crippen molar-refractivity contribution in [3.63, 3.8) is 0 Å². The third kappa shape index (κ3) is 1.80. The summed E-state index contributed by atoms with van der Waals surface area (Å²) >= 11 is 2.30. The van der Waals surface area contributed by atoms with Crippen LogP contribution in [0.2, 0.25) is 0 Å². The van der Waals surface area contributed by atoms with Crippen molar-refractivity contribution in [2.45, 2.75) is 6.55 Å². The average Bonchev–Trinajstić information content (AvgIpc) is 2.37. The number of aromatic nitrogens is 2. The first-order valence-electron chi connectivity index (χ1n) is 2.98. The van der Waals surface area contributed by atoms with E-state index in [0.29, 0.717) is 5.01 Å². The van der Waals surface area contributed by atoms with Crippen LogP contribution in [0.1, 0.15) is 0 Å². The predicted octanol–water partition coefficient (Wildman–Crippen LogP) is -0.742. The molecular formula is C5H6F2N4Se. The van der Waals surface area contributed by atoms with Crippen molar-refractivity contribution in [3.8, 4) is 0 Å². The van der Waals surface area contributed by atoms with Crippen LogP contribution in [-0.2, 0) is 0 Å². The maximum absolute atomic E-state index is 12.3. The van der Waals surface area contributed by atoms with Crippen molar-refractivity contribution in [3.05, 3.63) is 18.7 Å². The summed E-state index contributed by atoms with van der Waals surface area (Å²) in [5, 5.41) is 0.576. The van der Waals surface area contributed by atoms with Gasteiger partial charge in [-0.3, -0.25) is 0 Å². The van der Waals surface area contributed by atoms with E-state index in [2.05, 4.69) is 20.6 Å². The number of hydrogen-bond donors (Lipinski definition) is 1. The molecule has 0 saturated carbocycles. The van der Waals surface area contributed by atoms with Crippen LogP contribution in [0.15, 0.2) is 18.7 Å². The van der Waals surface area contributed by atoms with Gasteiger partial charge in [0, 0.05) is 0 Å². The molecule has 1 heterocycles. The fourth-order valence-corrected chi connectivity index (χ4v) is 1.06. The number of alkyl halides is 2. The zero-order chi connectivity index (χ0) is 9.14. The van der Waals surface area contributed by atoms with Gasteiger partial charge in [-0.2, -0.15) is 0 Å². The number of nitrogens with zero attached hydrogens (tertiary/aromatic N) is 3. The van der Waals surface area contributed by atoms with Crippen LogP contribution in [0.4, 0.5) is 8.78 Å². The first kappa shape index (κ1) is 9.15. The summed E-state index contributed by atoms with van der Waals surface area (Å²) in [7, 11) is 0. The Labute approximate surface area is 75.3 Å². The topological polar surface area (TPSA) is 47.1 Å². The van der Waals surface area contributed by atoms with Crippen LogP contribution < -0.4 is 10.7 Å². The second-order valence-electron chi connectivity index (χ2n) is 1.90. The molecule has 1 aromatic heterocycles. The molecular weight excluding hydrogens is 233 g/mol. The molecule has 0 aliphatic heterocycles. The zero-order valence-electron chi connectivity index (χ0n) is 5.89. The molecule has 2 N–H and O–H groups in total. The Morgan fingerprint density at radius 2 is 2.33 bits per heavy atom. The van der Waals surface area contributed by atoms with Gasteiger partial charge in [0.1, 0.15) is 0 Å². The van der Waals surface area contributed by atoms with Gasteiger partial charge in [0.15, 0.2) is 0 Å². The second kappa shape index (κ2) is 3.64. The van der Waals surface area contributed by atoms with Gasteiger partial charge in [0.25, 0.3) is 0 Å². The summed E-state index contributed by atoms with van der Waals surface area (Å²) in [6, 6.07) is 0. The van der Waals surface area contributed by atoms with E-state index < -0.39 is 6.55 Å². The van der Waals surface area contributed by atoms with E-state index in [4.69, 9.17) is 5.73 Å². The molecule has 4 nitrogen and oxygen atoms in total. The van der Waals surface area contributed by atoms with Crippen LogP contribution in [0.3, 0.4) is 0 Å². The molecule has 7 heteroatoms. The van der Waals surface area contributed by atoms with Crippen molar-refractivity contribution in [2.24, 2.45) is 5.73 Å². The van der Waals surface area contributed by atoms with Crippen molar-refractivity contribution < 1.29 is 8.78 Å². The van der Waals surface area contributed by atoms with Crippen molar-refractivity contribution >= 4 is 20.2 Å². The van der Waals surface area contributed by atoms with Crippen LogP contribution in [0, 0.1) is 0 Å². The third-order valence-corrected chi connectivity index (χ3v) is 1.54. The molecule has 0 amide bonds. The normalized spacial score (nSPS) is 10.2. The number of nitrogens with two attached hydrogens (primary N) is 1. The Hall–Kier alpha value is -0.941. The van der Waals surface area contributed by atoms with E-state index in [1.807, 2.05) is 0 Å². The molecule has 0 unspecified atom stereocenters. The maximum atomic E-state index is 12.3. The van der Waals surface area contributed by atoms with E-state index in [9.17, 15) is 8.78 Å². The van der Waals surface area contributed by atoms with Gasteiger partial charge in [0.2, 0.25) is 0 Å². The summed E-state index contributed by atoms with van der Waals surface area (Å²) in [5.74, 6) is 0. The number of rotatable bonds is 3. The molecule has 0 spiro atoms. The van der Waals surface area contributed by atoms with E-state index in [0.717, 1.165) is 4.68 Å². The monoisotopic (exact) mass is 240 g/mol. The van der Waals surface area contributed by atoms with Gasteiger partial charge in [0.05, 0.1) is 0 Å². The molecule has 0 fully saturated rings. The Morgan fingerprint density at radius 3 is 2.67 bits per heavy atom. The molecule has 1 rings (SSSR count). The van der Waals surface area contributed by atoms with E-state index in [-0.39, 0.29) is 4.67 Å². The third-order valence-electron chi connectivity index (χ3n) is 1.15. The van der Waals surface area contributed by atoms with Crippen LogP contribution in [0.25, 0.3) is 0 Å². The number of hydrogen-bond acceptors (Lipinski definition) is 3. The Morgan fingerprint density at radius 1 is 1.67 bits per heavy atom. The zero-order valence-corrected chi connectivity index (χ0v) is 7.61. The fraction of sp³-hybridized carbons (Fsp3) is 0.200. The van der Waals surface area contributed by atoms with E-state index >= 15 is 0 Å². The van der Waals surface area contributed by atoms with E-state index in [1.165, 1.54) is 18.7 Å². The molecule has 0 atom stereocenters. The molecule has 0 aliphatic rings. The van der Waals surface area contributed by atoms with Gasteiger partial charge in [-0.05, 0) is 0 Å². The van der Waals surface area contributed by atoms with Gasteiger partial charge in [-0.25, -0.2) is 0 Å². The van der Waals surface area contributed by atoms with Crippen molar-refractivity contribution in [1.82, 2.24) is 9.66 Å². The van der Waals surface area contributed by atoms with Gasteiger partial charge < -0.3 is 0 Å². The minimum absolute atomic E-state index is 0.108. The summed E-state index contributed by atoms with van der Waals surface area (Å²) < 4.78 is 25.5. The van der Waals surface area contributed by atoms with Crippen molar-refractivity contribution in [2.75, 3.05) is 5.01 Å². The van der Waals surface area contributed by atoms with Gasteiger partial charge in [-0.1, -0.05) is 0 Å². The Bertz CT molecular complexity index is 260. The molecule has 0 bridgehead atoms. The summed E-state index contributed by atoms with van der Waals surface area (Å²) in [6.45, 7) is -2.69. The Balaban J connectivity index is 2.88. The Kier molecular flexibility index (Phi) is 2.78. The molecule has 66 valence electrons. The summed E-state index contributed by atoms with van der Waals surface area (Å²) in [5.41, 5.74) is 5.19. The molecule has 0 aromatic carbocycles. The number of halogens is 2. The van der Waals surface area contributed by atoms with Crippen molar-refractivity contribution in [1.29, 1.82) is 0 Å². The standard InChI is InChI=1S/C5H6F2N4Se/c6-4(7)11(5(8)12)10-2-1-9-3-10/h1-4H,(H2,8,12). The van der Waals surface area contributed by atoms with Crippen LogP contribution >= 0.6 is 0 Å². The first-order chi connectivity index (χ1) is 5.63. The fourth-order valence-electron chi connectivity index (χ4n) is 0.690. The van der Waals surface area contributed by atoms with E-state index in [1.54, 1.807) is 0 Å². The van der Waals surface area contributed by atoms with Gasteiger partial charge in [-0.15, -0.1) is 0 Å². The van der Waals surface area contributed by atoms with Crippen LogP contribution in [0.5, 0.6) is 0 Å². The summed E-state index contributed by atoms with van der Waals surface area (Å²) in [4.78, 5) is 3.61. The second-order valence-corrected chi connectivity index (χ2v) is 2.78. The molecule has 0 saturated heterocycles. The first-order valence-corrected chi connectivity index (χ1v) is 3.83. The average molecular weight is 239 g/mol. The van der Waals surface area contributed by atoms with Gasteiger partial charge >= 0.3 is 74.7 Å². The quantitative estimate of drug-likeness (QED) is 0.558. The SMILES string of the molecule is NC(=[Se])N(C(F)F)n1ccnc1. The summed E-state index contributed by atoms with van der Waals surface area (Å²) in [6.07, 6.45) is 3.99.